The lowest BCUT2D eigenvalue weighted by Gasteiger charge is -2.32. The van der Waals surface area contributed by atoms with Crippen molar-refractivity contribution < 1.29 is 14.3 Å². The van der Waals surface area contributed by atoms with Crippen LogP contribution in [0.1, 0.15) is 46.3 Å². The van der Waals surface area contributed by atoms with Crippen LogP contribution in [0.5, 0.6) is 5.75 Å². The van der Waals surface area contributed by atoms with Gasteiger partial charge in [0.2, 0.25) is 0 Å². The molecule has 1 fully saturated rings. The van der Waals surface area contributed by atoms with Crippen molar-refractivity contribution in [1.29, 1.82) is 0 Å². The van der Waals surface area contributed by atoms with Crippen LogP contribution < -0.4 is 4.74 Å². The maximum absolute atomic E-state index is 13.0. The molecule has 26 heavy (non-hydrogen) atoms. The largest absolute Gasteiger partial charge is 0.497 e. The van der Waals surface area contributed by atoms with E-state index in [2.05, 4.69) is 15.2 Å². The van der Waals surface area contributed by atoms with Crippen LogP contribution in [0.4, 0.5) is 0 Å². The zero-order valence-electron chi connectivity index (χ0n) is 15.6. The Hall–Kier alpha value is -2.41. The third kappa shape index (κ3) is 4.04. The second-order valence-corrected chi connectivity index (χ2v) is 6.65. The highest BCUT2D eigenvalue weighted by Crippen LogP contribution is 2.27. The van der Waals surface area contributed by atoms with Gasteiger partial charge < -0.3 is 14.4 Å². The van der Waals surface area contributed by atoms with Crippen LogP contribution in [-0.2, 0) is 11.2 Å². The van der Waals surface area contributed by atoms with E-state index in [4.69, 9.17) is 9.47 Å². The number of methoxy groups -OCH3 is 2. The number of piperidine rings is 1. The Bertz CT molecular complexity index is 759. The van der Waals surface area contributed by atoms with Gasteiger partial charge in [-0.1, -0.05) is 0 Å². The molecule has 1 N–H and O–H groups in total. The van der Waals surface area contributed by atoms with Crippen LogP contribution in [0.2, 0.25) is 0 Å². The third-order valence-corrected chi connectivity index (χ3v) is 4.83. The molecule has 0 spiro atoms. The van der Waals surface area contributed by atoms with Crippen LogP contribution in [0.25, 0.3) is 0 Å². The van der Waals surface area contributed by atoms with Gasteiger partial charge in [-0.05, 0) is 43.5 Å². The van der Waals surface area contributed by atoms with Gasteiger partial charge in [-0.2, -0.15) is 5.10 Å². The number of ether oxygens (including phenoxy) is 2. The second-order valence-electron chi connectivity index (χ2n) is 6.65. The number of aromatic amines is 1. The Kier molecular flexibility index (Phi) is 5.88. The van der Waals surface area contributed by atoms with Crippen LogP contribution in [0.15, 0.2) is 18.2 Å². The number of amides is 1. The SMILES string of the molecule is COCCc1nc([C@H]2CCCN(C(=O)c3ccc(OC)cc3C)C2)n[nH]1. The lowest BCUT2D eigenvalue weighted by Crippen LogP contribution is -2.39. The molecule has 7 heteroatoms. The van der Waals surface area contributed by atoms with Crippen LogP contribution in [0.3, 0.4) is 0 Å². The quantitative estimate of drug-likeness (QED) is 0.857. The van der Waals surface area contributed by atoms with Crippen molar-refractivity contribution in [3.63, 3.8) is 0 Å². The summed E-state index contributed by atoms with van der Waals surface area (Å²) in [4.78, 5) is 19.5. The summed E-state index contributed by atoms with van der Waals surface area (Å²) in [6.45, 7) is 3.96. The number of benzene rings is 1. The maximum Gasteiger partial charge on any atom is 0.254 e. The average molecular weight is 358 g/mol. The number of likely N-dealkylation sites (tertiary alicyclic amines) is 1. The van der Waals surface area contributed by atoms with Gasteiger partial charge in [-0.15, -0.1) is 0 Å². The van der Waals surface area contributed by atoms with Gasteiger partial charge in [0.1, 0.15) is 11.6 Å². The number of nitrogens with one attached hydrogen (secondary N) is 1. The molecule has 0 radical (unpaired) electrons. The molecular formula is C19H26N4O3. The van der Waals surface area contributed by atoms with E-state index in [9.17, 15) is 4.79 Å². The van der Waals surface area contributed by atoms with E-state index in [-0.39, 0.29) is 11.8 Å². The lowest BCUT2D eigenvalue weighted by atomic mass is 9.96. The maximum atomic E-state index is 13.0. The fourth-order valence-electron chi connectivity index (χ4n) is 3.35. The standard InChI is InChI=1S/C19H26N4O3/c1-13-11-15(26-3)6-7-16(13)19(24)23-9-4-5-14(12-23)18-20-17(21-22-18)8-10-25-2/h6-7,11,14H,4-5,8-10,12H2,1-3H3,(H,20,21,22)/t14-/m0/s1. The molecule has 0 bridgehead atoms. The van der Waals surface area contributed by atoms with Gasteiger partial charge in [-0.3, -0.25) is 9.89 Å². The predicted molar refractivity (Wildman–Crippen MR) is 97.6 cm³/mol. The normalized spacial score (nSPS) is 17.3. The predicted octanol–water partition coefficient (Wildman–Crippen LogP) is 2.33. The number of aromatic nitrogens is 3. The minimum absolute atomic E-state index is 0.0602. The lowest BCUT2D eigenvalue weighted by molar-refractivity contribution is 0.0704. The van der Waals surface area contributed by atoms with Crippen LogP contribution in [0, 0.1) is 6.92 Å². The van der Waals surface area contributed by atoms with E-state index >= 15 is 0 Å². The van der Waals surface area contributed by atoms with Gasteiger partial charge in [0, 0.05) is 38.1 Å². The van der Waals surface area contributed by atoms with Crippen molar-refractivity contribution in [3.05, 3.63) is 41.0 Å². The van der Waals surface area contributed by atoms with E-state index in [0.717, 1.165) is 47.9 Å². The Balaban J connectivity index is 1.70. The summed E-state index contributed by atoms with van der Waals surface area (Å²) in [7, 11) is 3.30. The molecule has 140 valence electrons. The Morgan fingerprint density at radius 1 is 1.38 bits per heavy atom. The Morgan fingerprint density at radius 3 is 2.96 bits per heavy atom. The molecule has 2 heterocycles. The topological polar surface area (TPSA) is 80.3 Å². The second kappa shape index (κ2) is 8.31. The molecule has 1 aliphatic rings. The molecule has 0 aliphatic carbocycles. The molecule has 1 amide bonds. The fourth-order valence-corrected chi connectivity index (χ4v) is 3.35. The first-order valence-electron chi connectivity index (χ1n) is 8.96. The van der Waals surface area contributed by atoms with Crippen LogP contribution in [-0.4, -0.2) is 59.9 Å². The highest BCUT2D eigenvalue weighted by molar-refractivity contribution is 5.96. The zero-order chi connectivity index (χ0) is 18.5. The average Bonchev–Trinajstić information content (AvgIpc) is 3.15. The summed E-state index contributed by atoms with van der Waals surface area (Å²) in [6, 6.07) is 5.57. The van der Waals surface area contributed by atoms with Gasteiger partial charge in [0.05, 0.1) is 13.7 Å². The van der Waals surface area contributed by atoms with Gasteiger partial charge in [0.15, 0.2) is 5.82 Å². The molecule has 0 unspecified atom stereocenters. The number of H-pyrrole nitrogens is 1. The number of carbonyl (C=O) groups excluding carboxylic acids is 1. The molecule has 0 saturated carbocycles. The first-order valence-corrected chi connectivity index (χ1v) is 8.96. The highest BCUT2D eigenvalue weighted by Gasteiger charge is 2.28. The minimum atomic E-state index is 0.0602. The first-order chi connectivity index (χ1) is 12.6. The molecule has 1 atom stereocenters. The van der Waals surface area contributed by atoms with E-state index in [1.54, 1.807) is 14.2 Å². The number of aryl methyl sites for hydroxylation is 1. The van der Waals surface area contributed by atoms with E-state index in [1.807, 2.05) is 30.0 Å². The molecule has 7 nitrogen and oxygen atoms in total. The van der Waals surface area contributed by atoms with Crippen LogP contribution >= 0.6 is 0 Å². The highest BCUT2D eigenvalue weighted by atomic mass is 16.5. The summed E-state index contributed by atoms with van der Waals surface area (Å²) >= 11 is 0. The molecular weight excluding hydrogens is 332 g/mol. The van der Waals surface area contributed by atoms with Crippen molar-refractivity contribution >= 4 is 5.91 Å². The number of rotatable bonds is 6. The van der Waals surface area contributed by atoms with E-state index in [0.29, 0.717) is 19.6 Å². The summed E-state index contributed by atoms with van der Waals surface area (Å²) in [5, 5.41) is 7.33. The number of hydrogen-bond acceptors (Lipinski definition) is 5. The summed E-state index contributed by atoms with van der Waals surface area (Å²) in [5.41, 5.74) is 1.65. The summed E-state index contributed by atoms with van der Waals surface area (Å²) in [5.74, 6) is 2.61. The van der Waals surface area contributed by atoms with Gasteiger partial charge in [0.25, 0.3) is 5.91 Å². The molecule has 1 aromatic heterocycles. The van der Waals surface area contributed by atoms with E-state index < -0.39 is 0 Å². The summed E-state index contributed by atoms with van der Waals surface area (Å²) < 4.78 is 10.3. The number of nitrogens with zero attached hydrogens (tertiary/aromatic N) is 3. The zero-order valence-corrected chi connectivity index (χ0v) is 15.6. The Labute approximate surface area is 153 Å². The van der Waals surface area contributed by atoms with Gasteiger partial charge >= 0.3 is 0 Å². The van der Waals surface area contributed by atoms with Crippen molar-refractivity contribution in [2.75, 3.05) is 33.9 Å². The summed E-state index contributed by atoms with van der Waals surface area (Å²) in [6.07, 6.45) is 2.66. The third-order valence-electron chi connectivity index (χ3n) is 4.83. The Morgan fingerprint density at radius 2 is 2.23 bits per heavy atom. The molecule has 1 saturated heterocycles. The molecule has 3 rings (SSSR count). The van der Waals surface area contributed by atoms with Crippen molar-refractivity contribution in [2.45, 2.75) is 32.1 Å². The molecule has 2 aromatic rings. The van der Waals surface area contributed by atoms with Gasteiger partial charge in [-0.25, -0.2) is 4.98 Å². The number of hydrogen-bond donors (Lipinski definition) is 1. The van der Waals surface area contributed by atoms with Crippen molar-refractivity contribution in [1.82, 2.24) is 20.1 Å². The molecule has 1 aliphatic heterocycles. The number of carbonyl (C=O) groups is 1. The fraction of sp³-hybridized carbons (Fsp3) is 0.526. The minimum Gasteiger partial charge on any atom is -0.497 e. The molecule has 1 aromatic carbocycles. The monoisotopic (exact) mass is 358 g/mol. The smallest absolute Gasteiger partial charge is 0.254 e. The van der Waals surface area contributed by atoms with E-state index in [1.165, 1.54) is 0 Å². The van der Waals surface area contributed by atoms with Crippen molar-refractivity contribution in [3.8, 4) is 5.75 Å². The first kappa shape index (κ1) is 18.4. The van der Waals surface area contributed by atoms with Crippen molar-refractivity contribution in [2.24, 2.45) is 0 Å².